The summed E-state index contributed by atoms with van der Waals surface area (Å²) in [6.07, 6.45) is 12.7. The van der Waals surface area contributed by atoms with Crippen LogP contribution in [0.1, 0.15) is 71.1 Å². The lowest BCUT2D eigenvalue weighted by atomic mass is 9.89. The largest absolute Gasteiger partial charge is 0.464 e. The molecule has 75 heavy (non-hydrogen) atoms. The van der Waals surface area contributed by atoms with Gasteiger partial charge in [-0.05, 0) is 32.6 Å². The number of carbonyl (C=O) groups excluding carboxylic acids is 1. The van der Waals surface area contributed by atoms with Gasteiger partial charge in [-0.15, -0.1) is 0 Å². The fourth-order valence-corrected chi connectivity index (χ4v) is 9.94. The number of hydrogen-bond donors (Lipinski definition) is 1. The average Bonchev–Trinajstić information content (AvgIpc) is 3.47. The lowest BCUT2D eigenvalue weighted by molar-refractivity contribution is -0.150. The standard InChI is InChI=1S/C13H27NO5.C13H23NO3.C12H24N2O3.C10H19NO.C7H15NO2/c1-15-8-9-18-12-13-19-11-10-17-7-4-14-2-5-16-6-3-14;15-13(12-4-2-1-3-5-12)17-11-8-14-6-9-16-10-7-14;1-7-15-8-2-13(1)5-11-17-12-6-14-3-9-16-10-4-14;1-2-4-10(5-3-1)11-6-8-12-9-7-11;1-7(9)6-8-2-4-10-5-3-8/h2-13H2,1H3;12H,1-11H2;1-12H2;10H,1-9H2;7,9H,2-6H2,1H3. The number of ether oxygens (including phenoxy) is 12. The van der Waals surface area contributed by atoms with Crippen LogP contribution in [0.4, 0.5) is 0 Å². The predicted molar refractivity (Wildman–Crippen MR) is 290 cm³/mol. The molecule has 2 saturated carbocycles. The lowest BCUT2D eigenvalue weighted by Crippen LogP contribution is -2.44. The maximum absolute atomic E-state index is 11.8. The van der Waals surface area contributed by atoms with Gasteiger partial charge in [0.1, 0.15) is 6.61 Å². The van der Waals surface area contributed by atoms with Crippen LogP contribution in [-0.4, -0.2) is 316 Å². The zero-order chi connectivity index (χ0) is 52.9. The molecule has 0 bridgehead atoms. The van der Waals surface area contributed by atoms with Crippen molar-refractivity contribution in [3.63, 3.8) is 0 Å². The van der Waals surface area contributed by atoms with Crippen molar-refractivity contribution in [3.8, 4) is 0 Å². The summed E-state index contributed by atoms with van der Waals surface area (Å²) in [6, 6.07) is 0.891. The molecule has 0 aromatic heterocycles. The molecule has 6 aliphatic heterocycles. The lowest BCUT2D eigenvalue weighted by Gasteiger charge is -2.36. The first-order chi connectivity index (χ1) is 37.0. The van der Waals surface area contributed by atoms with E-state index in [-0.39, 0.29) is 18.0 Å². The molecule has 0 aromatic rings. The number of aliphatic hydroxyl groups is 1. The highest BCUT2D eigenvalue weighted by Gasteiger charge is 2.24. The molecule has 6 saturated heterocycles. The third kappa shape index (κ3) is 35.2. The molecule has 0 amide bonds. The second kappa shape index (κ2) is 46.5. The molecule has 1 N–H and O–H groups in total. The first kappa shape index (κ1) is 66.3. The Morgan fingerprint density at radius 2 is 0.747 bits per heavy atom. The number of nitrogens with zero attached hydrogens (tertiary/aromatic N) is 6. The van der Waals surface area contributed by atoms with Crippen LogP contribution in [0.5, 0.6) is 0 Å². The number of methoxy groups -OCH3 is 1. The number of aliphatic hydroxyl groups excluding tert-OH is 1. The average molecular weight is 1080 g/mol. The van der Waals surface area contributed by atoms with Gasteiger partial charge in [0, 0.05) is 124 Å². The molecule has 1 unspecified atom stereocenters. The third-order valence-corrected chi connectivity index (χ3v) is 14.6. The van der Waals surface area contributed by atoms with Gasteiger partial charge in [-0.25, -0.2) is 0 Å². The monoisotopic (exact) mass is 1080 g/mol. The molecule has 442 valence electrons. The van der Waals surface area contributed by atoms with E-state index >= 15 is 0 Å². The summed E-state index contributed by atoms with van der Waals surface area (Å²) < 4.78 is 63.7. The van der Waals surface area contributed by atoms with Crippen LogP contribution in [0.15, 0.2) is 0 Å². The Bertz CT molecular complexity index is 1220. The smallest absolute Gasteiger partial charge is 0.308 e. The first-order valence-electron chi connectivity index (χ1n) is 29.5. The second-order valence-corrected chi connectivity index (χ2v) is 20.5. The summed E-state index contributed by atoms with van der Waals surface area (Å²) >= 11 is 0. The summed E-state index contributed by atoms with van der Waals surface area (Å²) in [4.78, 5) is 26.1. The van der Waals surface area contributed by atoms with E-state index in [0.717, 1.165) is 216 Å². The van der Waals surface area contributed by atoms with Gasteiger partial charge in [0.15, 0.2) is 0 Å². The minimum absolute atomic E-state index is 0.0259. The summed E-state index contributed by atoms with van der Waals surface area (Å²) in [5, 5.41) is 9.02. The fraction of sp³-hybridized carbons (Fsp3) is 0.982. The van der Waals surface area contributed by atoms with E-state index in [9.17, 15) is 4.79 Å². The van der Waals surface area contributed by atoms with Gasteiger partial charge in [0.2, 0.25) is 0 Å². The van der Waals surface area contributed by atoms with Gasteiger partial charge in [-0.1, -0.05) is 38.5 Å². The number of carbonyl (C=O) groups is 1. The maximum Gasteiger partial charge on any atom is 0.308 e. The molecule has 1 atom stereocenters. The van der Waals surface area contributed by atoms with E-state index in [1.54, 1.807) is 7.11 Å². The molecule has 20 nitrogen and oxygen atoms in total. The van der Waals surface area contributed by atoms with E-state index in [1.165, 1.54) is 64.5 Å². The van der Waals surface area contributed by atoms with E-state index in [4.69, 9.17) is 61.9 Å². The molecular formula is C55H108N6O14. The molecule has 8 rings (SSSR count). The number of morpholine rings is 6. The Morgan fingerprint density at radius 3 is 1.13 bits per heavy atom. The highest BCUT2D eigenvalue weighted by Crippen LogP contribution is 2.25. The Hall–Kier alpha value is -1.25. The zero-order valence-electron chi connectivity index (χ0n) is 47.3. The van der Waals surface area contributed by atoms with Crippen LogP contribution in [0.25, 0.3) is 0 Å². The van der Waals surface area contributed by atoms with Crippen molar-refractivity contribution in [3.05, 3.63) is 0 Å². The van der Waals surface area contributed by atoms with E-state index < -0.39 is 0 Å². The Morgan fingerprint density at radius 1 is 0.427 bits per heavy atom. The molecule has 6 heterocycles. The Kier molecular flexibility index (Phi) is 41.1. The molecule has 8 fully saturated rings. The van der Waals surface area contributed by atoms with Gasteiger partial charge in [0.25, 0.3) is 0 Å². The second-order valence-electron chi connectivity index (χ2n) is 20.5. The summed E-state index contributed by atoms with van der Waals surface area (Å²) in [5.41, 5.74) is 0. The minimum Gasteiger partial charge on any atom is -0.464 e. The molecular weight excluding hydrogens is 969 g/mol. The number of β-amino-alcohol motifs (C(OH)–C–C–N with tert-alkyl or cyclic N) is 1. The minimum atomic E-state index is -0.210. The van der Waals surface area contributed by atoms with E-state index in [1.807, 2.05) is 6.92 Å². The van der Waals surface area contributed by atoms with Crippen molar-refractivity contribution in [1.29, 1.82) is 0 Å². The van der Waals surface area contributed by atoms with Crippen molar-refractivity contribution in [2.45, 2.75) is 83.3 Å². The Labute approximate surface area is 453 Å². The SMILES string of the molecule is C1CCC(N2CCOCC2)CC1.C1CN(CCOCCN2CCOCC2)CCO1.CC(O)CN1CCOCC1.COCCOCCOCCOCCN1CCOCC1.O=C(OCCN1CCOCC1)C1CCCCC1. The molecule has 0 radical (unpaired) electrons. The Balaban J connectivity index is 0.000000206. The van der Waals surface area contributed by atoms with Crippen LogP contribution in [0.2, 0.25) is 0 Å². The fourth-order valence-electron chi connectivity index (χ4n) is 9.94. The molecule has 8 aliphatic rings. The van der Waals surface area contributed by atoms with Crippen LogP contribution >= 0.6 is 0 Å². The first-order valence-corrected chi connectivity index (χ1v) is 29.5. The van der Waals surface area contributed by atoms with E-state index in [0.29, 0.717) is 46.2 Å². The highest BCUT2D eigenvalue weighted by atomic mass is 16.6. The normalized spacial score (nSPS) is 23.0. The number of hydrogen-bond acceptors (Lipinski definition) is 20. The van der Waals surface area contributed by atoms with Gasteiger partial charge < -0.3 is 61.9 Å². The van der Waals surface area contributed by atoms with Crippen molar-refractivity contribution in [2.24, 2.45) is 5.92 Å². The summed E-state index contributed by atoms with van der Waals surface area (Å²) in [7, 11) is 1.66. The van der Waals surface area contributed by atoms with Gasteiger partial charge in [-0.3, -0.25) is 34.2 Å². The topological polar surface area (TPSA) is 168 Å². The van der Waals surface area contributed by atoms with Crippen LogP contribution in [0.3, 0.4) is 0 Å². The molecule has 0 spiro atoms. The van der Waals surface area contributed by atoms with Gasteiger partial charge in [-0.2, -0.15) is 0 Å². The summed E-state index contributed by atoms with van der Waals surface area (Å²) in [5.74, 6) is 0.200. The van der Waals surface area contributed by atoms with Crippen molar-refractivity contribution < 1.29 is 66.7 Å². The van der Waals surface area contributed by atoms with E-state index in [2.05, 4.69) is 29.4 Å². The number of rotatable bonds is 25. The van der Waals surface area contributed by atoms with Gasteiger partial charge in [0.05, 0.1) is 151 Å². The van der Waals surface area contributed by atoms with Gasteiger partial charge >= 0.3 is 5.97 Å². The summed E-state index contributed by atoms with van der Waals surface area (Å²) in [6.45, 7) is 35.9. The van der Waals surface area contributed by atoms with Crippen LogP contribution < -0.4 is 0 Å². The third-order valence-electron chi connectivity index (χ3n) is 14.6. The van der Waals surface area contributed by atoms with Crippen LogP contribution in [0, 0.1) is 5.92 Å². The molecule has 2 aliphatic carbocycles. The molecule has 0 aromatic carbocycles. The van der Waals surface area contributed by atoms with Crippen molar-refractivity contribution in [2.75, 3.05) is 264 Å². The predicted octanol–water partition coefficient (Wildman–Crippen LogP) is 2.48. The highest BCUT2D eigenvalue weighted by molar-refractivity contribution is 5.72. The molecule has 20 heteroatoms. The maximum atomic E-state index is 11.8. The van der Waals surface area contributed by atoms with Crippen LogP contribution in [-0.2, 0) is 61.6 Å². The quantitative estimate of drug-likeness (QED) is 0.105. The van der Waals surface area contributed by atoms with Crippen molar-refractivity contribution >= 4 is 5.97 Å². The zero-order valence-corrected chi connectivity index (χ0v) is 47.3. The van der Waals surface area contributed by atoms with Crippen molar-refractivity contribution in [1.82, 2.24) is 29.4 Å². The number of esters is 1.